The Labute approximate surface area is 94.6 Å². The Morgan fingerprint density at radius 2 is 2.31 bits per heavy atom. The third kappa shape index (κ3) is 1.65. The van der Waals surface area contributed by atoms with E-state index >= 15 is 0 Å². The molecule has 0 spiro atoms. The number of hydrogen-bond donors (Lipinski definition) is 1. The fraction of sp³-hybridized carbons (Fsp3) is 0.462. The Morgan fingerprint density at radius 3 is 3.19 bits per heavy atom. The number of piperidine rings is 1. The van der Waals surface area contributed by atoms with Crippen molar-refractivity contribution in [2.75, 3.05) is 13.1 Å². The van der Waals surface area contributed by atoms with Crippen LogP contribution in [0.1, 0.15) is 29.0 Å². The predicted octanol–water partition coefficient (Wildman–Crippen LogP) is 2.03. The summed E-state index contributed by atoms with van der Waals surface area (Å²) in [5.41, 5.74) is 3.56. The minimum atomic E-state index is -0.755. The van der Waals surface area contributed by atoms with E-state index in [1.54, 1.807) is 0 Å². The van der Waals surface area contributed by atoms with E-state index in [0.29, 0.717) is 6.54 Å². The fourth-order valence-corrected chi connectivity index (χ4v) is 2.56. The highest BCUT2D eigenvalue weighted by Gasteiger charge is 2.26. The summed E-state index contributed by atoms with van der Waals surface area (Å²) in [6, 6.07) is 6.25. The number of alkyl halides is 1. The number of hydrogen-bond acceptors (Lipinski definition) is 2. The molecule has 0 radical (unpaired) electrons. The molecule has 84 valence electrons. The van der Waals surface area contributed by atoms with E-state index in [1.165, 1.54) is 11.1 Å². The van der Waals surface area contributed by atoms with E-state index in [1.807, 2.05) is 6.21 Å². The van der Waals surface area contributed by atoms with Gasteiger partial charge in [0.25, 0.3) is 0 Å². The first-order chi connectivity index (χ1) is 7.84. The molecular weight excluding hydrogens is 203 g/mol. The van der Waals surface area contributed by atoms with Gasteiger partial charge in [0, 0.05) is 18.7 Å². The average molecular weight is 218 g/mol. The summed E-state index contributed by atoms with van der Waals surface area (Å²) >= 11 is 0. The van der Waals surface area contributed by atoms with Crippen molar-refractivity contribution in [3.63, 3.8) is 0 Å². The molecule has 1 aromatic carbocycles. The van der Waals surface area contributed by atoms with Gasteiger partial charge in [0.05, 0.1) is 6.54 Å². The summed E-state index contributed by atoms with van der Waals surface area (Å²) in [7, 11) is 0. The van der Waals surface area contributed by atoms with E-state index in [9.17, 15) is 4.39 Å². The maximum absolute atomic E-state index is 13.8. The predicted molar refractivity (Wildman–Crippen MR) is 62.9 cm³/mol. The van der Waals surface area contributed by atoms with E-state index < -0.39 is 6.17 Å². The van der Waals surface area contributed by atoms with Crippen molar-refractivity contribution in [3.8, 4) is 0 Å². The molecule has 2 atom stereocenters. The van der Waals surface area contributed by atoms with Crippen LogP contribution < -0.4 is 5.32 Å². The molecule has 0 aliphatic carbocycles. The quantitative estimate of drug-likeness (QED) is 0.766. The molecule has 1 fully saturated rings. The maximum atomic E-state index is 13.8. The first-order valence-corrected chi connectivity index (χ1v) is 5.82. The Hall–Kier alpha value is -1.22. The van der Waals surface area contributed by atoms with Gasteiger partial charge in [-0.05, 0) is 29.7 Å². The number of benzene rings is 1. The summed E-state index contributed by atoms with van der Waals surface area (Å²) in [6.07, 6.45) is 2.03. The zero-order chi connectivity index (χ0) is 11.0. The molecule has 2 unspecified atom stereocenters. The zero-order valence-corrected chi connectivity index (χ0v) is 9.12. The molecule has 1 aromatic rings. The van der Waals surface area contributed by atoms with Crippen LogP contribution in [0.15, 0.2) is 23.2 Å². The number of nitrogens with zero attached hydrogens (tertiary/aromatic N) is 1. The molecule has 1 N–H and O–H groups in total. The van der Waals surface area contributed by atoms with Crippen molar-refractivity contribution < 1.29 is 4.39 Å². The third-order valence-corrected chi connectivity index (χ3v) is 3.50. The average Bonchev–Trinajstić information content (AvgIpc) is 2.76. The SMILES string of the molecule is FC1CNCCC1c1ccc2c(c1)CN=C2. The molecule has 2 heterocycles. The van der Waals surface area contributed by atoms with Gasteiger partial charge in [-0.15, -0.1) is 0 Å². The lowest BCUT2D eigenvalue weighted by molar-refractivity contribution is 0.231. The summed E-state index contributed by atoms with van der Waals surface area (Å²) in [5, 5.41) is 3.09. The molecule has 2 aliphatic rings. The Bertz CT molecular complexity index is 428. The highest BCUT2D eigenvalue weighted by Crippen LogP contribution is 2.30. The third-order valence-electron chi connectivity index (χ3n) is 3.50. The van der Waals surface area contributed by atoms with Crippen LogP contribution >= 0.6 is 0 Å². The van der Waals surface area contributed by atoms with Crippen molar-refractivity contribution in [3.05, 3.63) is 34.9 Å². The van der Waals surface area contributed by atoms with Crippen molar-refractivity contribution in [2.24, 2.45) is 4.99 Å². The first-order valence-electron chi connectivity index (χ1n) is 5.82. The Balaban J connectivity index is 1.89. The standard InChI is InChI=1S/C13H15FN2/c14-13-8-15-4-3-12(13)9-1-2-10-6-16-7-11(10)5-9/h1-2,5-6,12-13,15H,3-4,7-8H2. The second-order valence-corrected chi connectivity index (χ2v) is 4.54. The van der Waals surface area contributed by atoms with Crippen LogP contribution in [0.2, 0.25) is 0 Å². The summed E-state index contributed by atoms with van der Waals surface area (Å²) in [4.78, 5) is 4.23. The molecule has 2 aliphatic heterocycles. The van der Waals surface area contributed by atoms with Crippen molar-refractivity contribution in [1.82, 2.24) is 5.32 Å². The number of fused-ring (bicyclic) bond motifs is 1. The summed E-state index contributed by atoms with van der Waals surface area (Å²) in [5.74, 6) is 0.0622. The molecule has 0 saturated carbocycles. The monoisotopic (exact) mass is 218 g/mol. The van der Waals surface area contributed by atoms with Crippen LogP contribution in [0.3, 0.4) is 0 Å². The molecule has 16 heavy (non-hydrogen) atoms. The minimum absolute atomic E-state index is 0.0622. The molecule has 2 nitrogen and oxygen atoms in total. The normalized spacial score (nSPS) is 28.1. The van der Waals surface area contributed by atoms with Gasteiger partial charge in [0.1, 0.15) is 6.17 Å². The number of halogens is 1. The molecule has 0 amide bonds. The number of rotatable bonds is 1. The fourth-order valence-electron chi connectivity index (χ4n) is 2.56. The van der Waals surface area contributed by atoms with Gasteiger partial charge in [-0.25, -0.2) is 4.39 Å². The molecule has 3 heteroatoms. The first kappa shape index (κ1) is 9.97. The van der Waals surface area contributed by atoms with Crippen LogP contribution in [-0.4, -0.2) is 25.5 Å². The second-order valence-electron chi connectivity index (χ2n) is 4.54. The number of nitrogens with one attached hydrogen (secondary N) is 1. The molecule has 0 bridgehead atoms. The van der Waals surface area contributed by atoms with Gasteiger partial charge in [-0.3, -0.25) is 4.99 Å². The topological polar surface area (TPSA) is 24.4 Å². The second kappa shape index (κ2) is 3.98. The van der Waals surface area contributed by atoms with Gasteiger partial charge in [0.2, 0.25) is 0 Å². The van der Waals surface area contributed by atoms with Crippen molar-refractivity contribution in [2.45, 2.75) is 25.1 Å². The van der Waals surface area contributed by atoms with Crippen LogP contribution in [0.25, 0.3) is 0 Å². The van der Waals surface area contributed by atoms with E-state index in [-0.39, 0.29) is 5.92 Å². The summed E-state index contributed by atoms with van der Waals surface area (Å²) in [6.45, 7) is 2.15. The van der Waals surface area contributed by atoms with E-state index in [2.05, 4.69) is 28.5 Å². The molecular formula is C13H15FN2. The van der Waals surface area contributed by atoms with Crippen LogP contribution in [0, 0.1) is 0 Å². The van der Waals surface area contributed by atoms with Crippen LogP contribution in [0.4, 0.5) is 4.39 Å². The largest absolute Gasteiger partial charge is 0.314 e. The lowest BCUT2D eigenvalue weighted by atomic mass is 9.87. The van der Waals surface area contributed by atoms with E-state index in [4.69, 9.17) is 0 Å². The highest BCUT2D eigenvalue weighted by molar-refractivity contribution is 5.84. The lowest BCUT2D eigenvalue weighted by Crippen LogP contribution is -2.36. The van der Waals surface area contributed by atoms with Crippen LogP contribution in [-0.2, 0) is 6.54 Å². The van der Waals surface area contributed by atoms with Gasteiger partial charge < -0.3 is 5.32 Å². The smallest absolute Gasteiger partial charge is 0.119 e. The Morgan fingerprint density at radius 1 is 1.38 bits per heavy atom. The molecule has 3 rings (SSSR count). The van der Waals surface area contributed by atoms with Gasteiger partial charge in [-0.2, -0.15) is 0 Å². The summed E-state index contributed by atoms with van der Waals surface area (Å²) < 4.78 is 13.8. The van der Waals surface area contributed by atoms with Gasteiger partial charge in [-0.1, -0.05) is 18.2 Å². The lowest BCUT2D eigenvalue weighted by Gasteiger charge is -2.27. The van der Waals surface area contributed by atoms with Crippen LogP contribution in [0.5, 0.6) is 0 Å². The van der Waals surface area contributed by atoms with Crippen molar-refractivity contribution >= 4 is 6.21 Å². The highest BCUT2D eigenvalue weighted by atomic mass is 19.1. The maximum Gasteiger partial charge on any atom is 0.119 e. The van der Waals surface area contributed by atoms with Gasteiger partial charge >= 0.3 is 0 Å². The van der Waals surface area contributed by atoms with Gasteiger partial charge in [0.15, 0.2) is 0 Å². The molecule has 1 saturated heterocycles. The van der Waals surface area contributed by atoms with E-state index in [0.717, 1.165) is 25.1 Å². The minimum Gasteiger partial charge on any atom is -0.314 e. The zero-order valence-electron chi connectivity index (χ0n) is 9.12. The number of aliphatic imine (C=N–C) groups is 1. The molecule has 0 aromatic heterocycles. The Kier molecular flexibility index (Phi) is 2.48. The van der Waals surface area contributed by atoms with Crippen molar-refractivity contribution in [1.29, 1.82) is 0 Å².